The van der Waals surface area contributed by atoms with E-state index < -0.39 is 5.97 Å². The summed E-state index contributed by atoms with van der Waals surface area (Å²) in [5, 5.41) is 11.0. The zero-order chi connectivity index (χ0) is 12.7. The van der Waals surface area contributed by atoms with Crippen molar-refractivity contribution in [2.24, 2.45) is 0 Å². The van der Waals surface area contributed by atoms with E-state index in [1.165, 1.54) is 0 Å². The average Bonchev–Trinajstić information content (AvgIpc) is 2.29. The van der Waals surface area contributed by atoms with Crippen LogP contribution in [0.1, 0.15) is 22.3 Å². The van der Waals surface area contributed by atoms with Crippen molar-refractivity contribution in [1.29, 1.82) is 0 Å². The molecule has 0 unspecified atom stereocenters. The molecule has 0 bridgehead atoms. The summed E-state index contributed by atoms with van der Waals surface area (Å²) in [5.74, 6) is -0.286. The van der Waals surface area contributed by atoms with Gasteiger partial charge in [-0.1, -0.05) is 12.1 Å². The van der Waals surface area contributed by atoms with Gasteiger partial charge in [-0.15, -0.1) is 0 Å². The van der Waals surface area contributed by atoms with E-state index in [0.717, 1.165) is 11.3 Å². The molecule has 1 rings (SSSR count). The first-order valence-corrected chi connectivity index (χ1v) is 6.60. The van der Waals surface area contributed by atoms with Crippen molar-refractivity contribution in [2.75, 3.05) is 12.8 Å². The Labute approximate surface area is 104 Å². The van der Waals surface area contributed by atoms with E-state index >= 15 is 0 Å². The maximum Gasteiger partial charge on any atom is 0.305 e. The molecule has 1 aromatic carbocycles. The van der Waals surface area contributed by atoms with Crippen molar-refractivity contribution < 1.29 is 14.7 Å². The molecule has 5 heteroatoms. The molecule has 0 aliphatic carbocycles. The normalized spacial score (nSPS) is 9.94. The van der Waals surface area contributed by atoms with Gasteiger partial charge in [-0.05, 0) is 24.0 Å². The number of rotatable bonds is 6. The van der Waals surface area contributed by atoms with E-state index in [-0.39, 0.29) is 18.9 Å². The summed E-state index contributed by atoms with van der Waals surface area (Å²) < 4.78 is 0. The van der Waals surface area contributed by atoms with E-state index in [1.54, 1.807) is 17.8 Å². The van der Waals surface area contributed by atoms with Gasteiger partial charge in [0, 0.05) is 17.9 Å². The van der Waals surface area contributed by atoms with Crippen molar-refractivity contribution in [3.8, 4) is 0 Å². The minimum atomic E-state index is -0.915. The van der Waals surface area contributed by atoms with Crippen LogP contribution in [0.3, 0.4) is 0 Å². The Hall–Kier alpha value is -1.49. The molecule has 0 heterocycles. The summed E-state index contributed by atoms with van der Waals surface area (Å²) >= 11 is 1.69. The van der Waals surface area contributed by atoms with E-state index in [0.29, 0.717) is 5.56 Å². The molecule has 0 radical (unpaired) electrons. The lowest BCUT2D eigenvalue weighted by Gasteiger charge is -2.05. The van der Waals surface area contributed by atoms with Crippen LogP contribution in [-0.4, -0.2) is 29.8 Å². The zero-order valence-electron chi connectivity index (χ0n) is 9.60. The molecule has 0 spiro atoms. The third kappa shape index (κ3) is 4.91. The number of carbonyl (C=O) groups excluding carboxylic acids is 1. The average molecular weight is 253 g/mol. The van der Waals surface area contributed by atoms with Gasteiger partial charge >= 0.3 is 5.97 Å². The highest BCUT2D eigenvalue weighted by molar-refractivity contribution is 7.97. The lowest BCUT2D eigenvalue weighted by atomic mass is 10.1. The van der Waals surface area contributed by atoms with Crippen LogP contribution in [0.5, 0.6) is 0 Å². The van der Waals surface area contributed by atoms with Gasteiger partial charge in [0.05, 0.1) is 6.42 Å². The molecule has 1 aromatic rings. The van der Waals surface area contributed by atoms with E-state index in [2.05, 4.69) is 5.32 Å². The molecule has 0 aromatic heterocycles. The van der Waals surface area contributed by atoms with Gasteiger partial charge in [-0.25, -0.2) is 0 Å². The lowest BCUT2D eigenvalue weighted by molar-refractivity contribution is -0.136. The van der Waals surface area contributed by atoms with Crippen molar-refractivity contribution in [2.45, 2.75) is 12.2 Å². The second kappa shape index (κ2) is 6.96. The summed E-state index contributed by atoms with van der Waals surface area (Å²) in [6.07, 6.45) is 1.94. The van der Waals surface area contributed by atoms with Crippen LogP contribution in [0.15, 0.2) is 24.3 Å². The zero-order valence-corrected chi connectivity index (χ0v) is 10.4. The molecule has 17 heavy (non-hydrogen) atoms. The maximum absolute atomic E-state index is 11.7. The van der Waals surface area contributed by atoms with Crippen LogP contribution in [-0.2, 0) is 10.5 Å². The van der Waals surface area contributed by atoms with Crippen LogP contribution in [0, 0.1) is 0 Å². The quantitative estimate of drug-likeness (QED) is 0.810. The number of thioether (sulfide) groups is 1. The number of carbonyl (C=O) groups is 2. The number of nitrogens with one attached hydrogen (secondary N) is 1. The molecule has 92 valence electrons. The van der Waals surface area contributed by atoms with Crippen LogP contribution >= 0.6 is 11.8 Å². The molecule has 0 atom stereocenters. The Morgan fingerprint density at radius 1 is 1.41 bits per heavy atom. The highest BCUT2D eigenvalue weighted by Crippen LogP contribution is 2.11. The van der Waals surface area contributed by atoms with Gasteiger partial charge in [0.2, 0.25) is 0 Å². The van der Waals surface area contributed by atoms with E-state index in [1.807, 2.05) is 24.5 Å². The summed E-state index contributed by atoms with van der Waals surface area (Å²) in [7, 11) is 0. The predicted octanol–water partition coefficient (Wildman–Crippen LogP) is 1.75. The number of hydrogen-bond acceptors (Lipinski definition) is 3. The molecule has 0 fully saturated rings. The van der Waals surface area contributed by atoms with Crippen LogP contribution in [0.4, 0.5) is 0 Å². The topological polar surface area (TPSA) is 66.4 Å². The largest absolute Gasteiger partial charge is 0.481 e. The van der Waals surface area contributed by atoms with Crippen LogP contribution in [0.2, 0.25) is 0 Å². The Bertz CT molecular complexity index is 406. The smallest absolute Gasteiger partial charge is 0.305 e. The molecule has 0 saturated carbocycles. The number of aliphatic carboxylic acids is 1. The number of benzene rings is 1. The maximum atomic E-state index is 11.7. The Morgan fingerprint density at radius 3 is 2.82 bits per heavy atom. The molecule has 1 amide bonds. The van der Waals surface area contributed by atoms with Crippen molar-refractivity contribution >= 4 is 23.6 Å². The fourth-order valence-electron chi connectivity index (χ4n) is 1.35. The van der Waals surface area contributed by atoms with Crippen molar-refractivity contribution in [1.82, 2.24) is 5.32 Å². The number of amides is 1. The van der Waals surface area contributed by atoms with Crippen molar-refractivity contribution in [3.63, 3.8) is 0 Å². The Morgan fingerprint density at radius 2 is 2.18 bits per heavy atom. The van der Waals surface area contributed by atoms with Crippen LogP contribution in [0.25, 0.3) is 0 Å². The SMILES string of the molecule is CSCc1cccc(C(=O)NCCC(=O)O)c1. The highest BCUT2D eigenvalue weighted by Gasteiger charge is 2.06. The summed E-state index contributed by atoms with van der Waals surface area (Å²) in [5.41, 5.74) is 1.66. The third-order valence-corrected chi connectivity index (χ3v) is 2.75. The van der Waals surface area contributed by atoms with Gasteiger partial charge in [-0.3, -0.25) is 9.59 Å². The first-order valence-electron chi connectivity index (χ1n) is 5.21. The molecular formula is C12H15NO3S. The fraction of sp³-hybridized carbons (Fsp3) is 0.333. The molecule has 0 saturated heterocycles. The molecule has 0 aliphatic rings. The first-order chi connectivity index (χ1) is 8.13. The monoisotopic (exact) mass is 253 g/mol. The van der Waals surface area contributed by atoms with Gasteiger partial charge < -0.3 is 10.4 Å². The van der Waals surface area contributed by atoms with E-state index in [4.69, 9.17) is 5.11 Å². The Balaban J connectivity index is 2.56. The summed E-state index contributed by atoms with van der Waals surface area (Å²) in [6, 6.07) is 7.34. The highest BCUT2D eigenvalue weighted by atomic mass is 32.2. The van der Waals surface area contributed by atoms with Gasteiger partial charge in [0.15, 0.2) is 0 Å². The minimum absolute atomic E-state index is 0.0593. The van der Waals surface area contributed by atoms with Crippen molar-refractivity contribution in [3.05, 3.63) is 35.4 Å². The fourth-order valence-corrected chi connectivity index (χ4v) is 1.87. The number of carboxylic acids is 1. The molecule has 4 nitrogen and oxygen atoms in total. The number of hydrogen-bond donors (Lipinski definition) is 2. The first kappa shape index (κ1) is 13.6. The standard InChI is InChI=1S/C12H15NO3S/c1-17-8-9-3-2-4-10(7-9)12(16)13-6-5-11(14)15/h2-4,7H,5-6,8H2,1H3,(H,13,16)(H,14,15). The Kier molecular flexibility index (Phi) is 5.56. The second-order valence-corrected chi connectivity index (χ2v) is 4.40. The summed E-state index contributed by atoms with van der Waals surface area (Å²) in [4.78, 5) is 22.0. The predicted molar refractivity (Wildman–Crippen MR) is 68.2 cm³/mol. The minimum Gasteiger partial charge on any atom is -0.481 e. The second-order valence-electron chi connectivity index (χ2n) is 3.53. The molecular weight excluding hydrogens is 238 g/mol. The molecule has 2 N–H and O–H groups in total. The third-order valence-electron chi connectivity index (χ3n) is 2.12. The van der Waals surface area contributed by atoms with Gasteiger partial charge in [0.1, 0.15) is 0 Å². The van der Waals surface area contributed by atoms with Gasteiger partial charge in [-0.2, -0.15) is 11.8 Å². The van der Waals surface area contributed by atoms with Crippen LogP contribution < -0.4 is 5.32 Å². The lowest BCUT2D eigenvalue weighted by Crippen LogP contribution is -2.26. The summed E-state index contributed by atoms with van der Waals surface area (Å²) in [6.45, 7) is 0.154. The molecule has 0 aliphatic heterocycles. The number of carboxylic acid groups (broad SMARTS) is 1. The van der Waals surface area contributed by atoms with Gasteiger partial charge in [0.25, 0.3) is 5.91 Å². The van der Waals surface area contributed by atoms with E-state index in [9.17, 15) is 9.59 Å².